The zero-order chi connectivity index (χ0) is 15.0. The molecular formula is C15H14ClN3O2. The summed E-state index contributed by atoms with van der Waals surface area (Å²) in [5.41, 5.74) is 8.02. The van der Waals surface area contributed by atoms with E-state index in [0.717, 1.165) is 22.6 Å². The molecule has 1 aromatic carbocycles. The number of rotatable bonds is 2. The van der Waals surface area contributed by atoms with Crippen molar-refractivity contribution in [3.63, 3.8) is 0 Å². The van der Waals surface area contributed by atoms with E-state index in [1.54, 1.807) is 4.90 Å². The molecule has 3 rings (SSSR count). The molecule has 0 spiro atoms. The third kappa shape index (κ3) is 2.52. The Hall–Kier alpha value is -2.27. The number of fused-ring (bicyclic) bond motifs is 1. The van der Waals surface area contributed by atoms with Crippen LogP contribution in [0.3, 0.4) is 0 Å². The summed E-state index contributed by atoms with van der Waals surface area (Å²) in [6.07, 6.45) is 2.18. The normalized spacial score (nSPS) is 13.9. The Labute approximate surface area is 126 Å². The first-order chi connectivity index (χ1) is 10.1. The van der Waals surface area contributed by atoms with E-state index in [2.05, 4.69) is 4.98 Å². The van der Waals surface area contributed by atoms with Crippen molar-refractivity contribution < 1.29 is 9.59 Å². The highest BCUT2D eigenvalue weighted by atomic mass is 35.5. The summed E-state index contributed by atoms with van der Waals surface area (Å²) < 4.78 is 0. The lowest BCUT2D eigenvalue weighted by molar-refractivity contribution is 0.0729. The summed E-state index contributed by atoms with van der Waals surface area (Å²) in [4.78, 5) is 28.0. The molecule has 0 aliphatic carbocycles. The predicted octanol–water partition coefficient (Wildman–Crippen LogP) is 1.97. The number of aromatic amines is 1. The molecule has 0 radical (unpaired) electrons. The Bertz CT molecular complexity index is 723. The lowest BCUT2D eigenvalue weighted by Gasteiger charge is -2.29. The number of carbonyl (C=O) groups excluding carboxylic acids is 2. The number of H-pyrrole nitrogens is 1. The van der Waals surface area contributed by atoms with Crippen molar-refractivity contribution in [2.24, 2.45) is 5.73 Å². The van der Waals surface area contributed by atoms with Gasteiger partial charge < -0.3 is 15.6 Å². The van der Waals surface area contributed by atoms with E-state index in [1.165, 1.54) is 12.3 Å². The predicted molar refractivity (Wildman–Crippen MR) is 79.2 cm³/mol. The molecule has 6 heteroatoms. The van der Waals surface area contributed by atoms with Gasteiger partial charge in [0, 0.05) is 24.3 Å². The number of nitrogens with zero attached hydrogens (tertiary/aromatic N) is 1. The van der Waals surface area contributed by atoms with Crippen LogP contribution in [0.2, 0.25) is 5.02 Å². The Balaban J connectivity index is 1.82. The molecular weight excluding hydrogens is 290 g/mol. The summed E-state index contributed by atoms with van der Waals surface area (Å²) in [6.45, 7) is 1.11. The van der Waals surface area contributed by atoms with Crippen molar-refractivity contribution in [1.82, 2.24) is 9.88 Å². The van der Waals surface area contributed by atoms with Crippen LogP contribution < -0.4 is 5.73 Å². The second kappa shape index (κ2) is 5.26. The zero-order valence-electron chi connectivity index (χ0n) is 11.2. The Morgan fingerprint density at radius 3 is 2.86 bits per heavy atom. The molecule has 0 bridgehead atoms. The molecule has 2 amide bonds. The van der Waals surface area contributed by atoms with Crippen molar-refractivity contribution in [3.05, 3.63) is 57.9 Å². The van der Waals surface area contributed by atoms with E-state index in [4.69, 9.17) is 17.3 Å². The first-order valence-electron chi connectivity index (χ1n) is 6.60. The molecule has 3 N–H and O–H groups in total. The average Bonchev–Trinajstić information content (AvgIpc) is 2.96. The zero-order valence-corrected chi connectivity index (χ0v) is 12.0. The van der Waals surface area contributed by atoms with Crippen molar-refractivity contribution in [2.75, 3.05) is 6.54 Å². The van der Waals surface area contributed by atoms with Gasteiger partial charge >= 0.3 is 0 Å². The van der Waals surface area contributed by atoms with Gasteiger partial charge in [-0.15, -0.1) is 0 Å². The van der Waals surface area contributed by atoms with E-state index >= 15 is 0 Å². The highest BCUT2D eigenvalue weighted by Gasteiger charge is 2.24. The Kier molecular flexibility index (Phi) is 3.43. The van der Waals surface area contributed by atoms with E-state index < -0.39 is 5.91 Å². The lowest BCUT2D eigenvalue weighted by atomic mass is 9.99. The van der Waals surface area contributed by atoms with E-state index in [9.17, 15) is 9.59 Å². The lowest BCUT2D eigenvalue weighted by Crippen LogP contribution is -2.36. The molecule has 0 unspecified atom stereocenters. The van der Waals surface area contributed by atoms with Crippen molar-refractivity contribution in [3.8, 4) is 0 Å². The maximum atomic E-state index is 12.4. The van der Waals surface area contributed by atoms with Gasteiger partial charge in [0.15, 0.2) is 0 Å². The smallest absolute Gasteiger partial charge is 0.270 e. The number of nitrogens with two attached hydrogens (primary N) is 1. The highest BCUT2D eigenvalue weighted by Crippen LogP contribution is 2.26. The van der Waals surface area contributed by atoms with Gasteiger partial charge in [-0.2, -0.15) is 0 Å². The van der Waals surface area contributed by atoms with E-state index in [-0.39, 0.29) is 5.91 Å². The summed E-state index contributed by atoms with van der Waals surface area (Å²) in [5, 5.41) is 0.746. The number of benzene rings is 1. The fourth-order valence-corrected chi connectivity index (χ4v) is 2.86. The molecule has 0 saturated carbocycles. The van der Waals surface area contributed by atoms with Crippen molar-refractivity contribution in [1.29, 1.82) is 0 Å². The Morgan fingerprint density at radius 2 is 2.14 bits per heavy atom. The topological polar surface area (TPSA) is 79.2 Å². The van der Waals surface area contributed by atoms with Crippen molar-refractivity contribution in [2.45, 2.75) is 13.0 Å². The third-order valence-corrected chi connectivity index (χ3v) is 4.05. The monoisotopic (exact) mass is 303 g/mol. The summed E-state index contributed by atoms with van der Waals surface area (Å²) in [5.74, 6) is -0.700. The minimum atomic E-state index is -0.555. The fourth-order valence-electron chi connectivity index (χ4n) is 2.57. The van der Waals surface area contributed by atoms with Crippen LogP contribution in [-0.4, -0.2) is 28.2 Å². The number of nitrogens with one attached hydrogen (secondary N) is 1. The number of amides is 2. The molecule has 0 saturated heterocycles. The molecule has 0 fully saturated rings. The van der Waals surface area contributed by atoms with Gasteiger partial charge in [0.05, 0.1) is 5.56 Å². The molecule has 21 heavy (non-hydrogen) atoms. The molecule has 108 valence electrons. The molecule has 1 aromatic heterocycles. The quantitative estimate of drug-likeness (QED) is 0.889. The van der Waals surface area contributed by atoms with Gasteiger partial charge in [-0.3, -0.25) is 9.59 Å². The number of aromatic nitrogens is 1. The largest absolute Gasteiger partial charge is 0.366 e. The molecule has 0 atom stereocenters. The minimum Gasteiger partial charge on any atom is -0.366 e. The van der Waals surface area contributed by atoms with Gasteiger partial charge in [0.25, 0.3) is 5.91 Å². The van der Waals surface area contributed by atoms with Crippen LogP contribution in [0.5, 0.6) is 0 Å². The van der Waals surface area contributed by atoms with E-state index in [1.807, 2.05) is 18.2 Å². The van der Waals surface area contributed by atoms with Gasteiger partial charge in [-0.1, -0.05) is 23.7 Å². The minimum absolute atomic E-state index is 0.145. The molecule has 2 heterocycles. The van der Waals surface area contributed by atoms with Crippen LogP contribution >= 0.6 is 11.6 Å². The standard InChI is InChI=1S/C15H14ClN3O2/c16-12-3-1-2-9-8-19(5-4-11(9)12)15(21)13-6-10(7-18-13)14(17)20/h1-3,6-7,18H,4-5,8H2,(H2,17,20). The van der Waals surface area contributed by atoms with Crippen LogP contribution in [-0.2, 0) is 13.0 Å². The fraction of sp³-hybridized carbons (Fsp3) is 0.200. The van der Waals surface area contributed by atoms with Crippen LogP contribution in [0.25, 0.3) is 0 Å². The number of halogens is 1. The molecule has 5 nitrogen and oxygen atoms in total. The van der Waals surface area contributed by atoms with E-state index in [0.29, 0.717) is 24.3 Å². The third-order valence-electron chi connectivity index (χ3n) is 3.69. The van der Waals surface area contributed by atoms with Gasteiger partial charge in [0.2, 0.25) is 5.91 Å². The second-order valence-corrected chi connectivity index (χ2v) is 5.43. The maximum absolute atomic E-state index is 12.4. The second-order valence-electron chi connectivity index (χ2n) is 5.02. The highest BCUT2D eigenvalue weighted by molar-refractivity contribution is 6.31. The number of carbonyl (C=O) groups is 2. The van der Waals surface area contributed by atoms with Crippen LogP contribution in [0.1, 0.15) is 32.0 Å². The number of primary amides is 1. The summed E-state index contributed by atoms with van der Waals surface area (Å²) >= 11 is 6.16. The molecule has 1 aliphatic heterocycles. The van der Waals surface area contributed by atoms with Gasteiger partial charge in [-0.05, 0) is 29.7 Å². The summed E-state index contributed by atoms with van der Waals surface area (Å²) in [7, 11) is 0. The Morgan fingerprint density at radius 1 is 1.33 bits per heavy atom. The van der Waals surface area contributed by atoms with Crippen molar-refractivity contribution >= 4 is 23.4 Å². The van der Waals surface area contributed by atoms with Gasteiger partial charge in [0.1, 0.15) is 5.69 Å². The van der Waals surface area contributed by atoms with Crippen LogP contribution in [0, 0.1) is 0 Å². The van der Waals surface area contributed by atoms with Crippen LogP contribution in [0.4, 0.5) is 0 Å². The van der Waals surface area contributed by atoms with Gasteiger partial charge in [-0.25, -0.2) is 0 Å². The molecule has 2 aromatic rings. The first kappa shape index (κ1) is 13.7. The first-order valence-corrected chi connectivity index (χ1v) is 6.98. The molecule has 1 aliphatic rings. The number of hydrogen-bond donors (Lipinski definition) is 2. The van der Waals surface area contributed by atoms with Crippen LogP contribution in [0.15, 0.2) is 30.5 Å². The average molecular weight is 304 g/mol. The summed E-state index contributed by atoms with van der Waals surface area (Å²) in [6, 6.07) is 7.21. The number of hydrogen-bond acceptors (Lipinski definition) is 2. The maximum Gasteiger partial charge on any atom is 0.270 e. The SMILES string of the molecule is NC(=O)c1c[nH]c(C(=O)N2CCc3c(Cl)cccc3C2)c1.